The summed E-state index contributed by atoms with van der Waals surface area (Å²) >= 11 is 2.12. The van der Waals surface area contributed by atoms with Crippen molar-refractivity contribution in [2.24, 2.45) is 0 Å². The number of nitrogens with one attached hydrogen (secondary N) is 1. The SMILES string of the molecule is CC(C)N(C)c1ccc(NCc2ccc(I)o2)cc1F. The van der Waals surface area contributed by atoms with Gasteiger partial charge in [0.05, 0.1) is 12.2 Å². The molecule has 0 aliphatic rings. The minimum Gasteiger partial charge on any atom is -0.454 e. The lowest BCUT2D eigenvalue weighted by Gasteiger charge is -2.24. The molecule has 2 rings (SSSR count). The van der Waals surface area contributed by atoms with Crippen LogP contribution in [0.15, 0.2) is 34.7 Å². The Morgan fingerprint density at radius 1 is 1.30 bits per heavy atom. The summed E-state index contributed by atoms with van der Waals surface area (Å²) in [7, 11) is 1.89. The first-order valence-electron chi connectivity index (χ1n) is 6.48. The number of hydrogen-bond donors (Lipinski definition) is 1. The van der Waals surface area contributed by atoms with Crippen LogP contribution >= 0.6 is 22.6 Å². The first kappa shape index (κ1) is 15.2. The quantitative estimate of drug-likeness (QED) is 0.766. The van der Waals surface area contributed by atoms with Gasteiger partial charge in [-0.1, -0.05) is 0 Å². The zero-order valence-electron chi connectivity index (χ0n) is 11.8. The maximum absolute atomic E-state index is 14.1. The highest BCUT2D eigenvalue weighted by atomic mass is 127. The highest BCUT2D eigenvalue weighted by Crippen LogP contribution is 2.24. The number of benzene rings is 1. The molecule has 1 heterocycles. The molecule has 0 aliphatic carbocycles. The number of nitrogens with zero attached hydrogens (tertiary/aromatic N) is 1. The minimum atomic E-state index is -0.222. The Morgan fingerprint density at radius 3 is 2.60 bits per heavy atom. The van der Waals surface area contributed by atoms with Crippen LogP contribution in [0.25, 0.3) is 0 Å². The summed E-state index contributed by atoms with van der Waals surface area (Å²) in [5.74, 6) is 0.610. The summed E-state index contributed by atoms with van der Waals surface area (Å²) in [5.41, 5.74) is 1.35. The van der Waals surface area contributed by atoms with Gasteiger partial charge in [0.15, 0.2) is 3.77 Å². The highest BCUT2D eigenvalue weighted by Gasteiger charge is 2.11. The van der Waals surface area contributed by atoms with Crippen molar-refractivity contribution in [3.63, 3.8) is 0 Å². The molecule has 5 heteroatoms. The van der Waals surface area contributed by atoms with E-state index in [0.717, 1.165) is 15.2 Å². The third kappa shape index (κ3) is 3.65. The second-order valence-electron chi connectivity index (χ2n) is 4.93. The van der Waals surface area contributed by atoms with Crippen LogP contribution < -0.4 is 10.2 Å². The molecule has 0 aliphatic heterocycles. The van der Waals surface area contributed by atoms with E-state index in [1.807, 2.05) is 44.0 Å². The summed E-state index contributed by atoms with van der Waals surface area (Å²) < 4.78 is 20.4. The Balaban J connectivity index is 2.05. The van der Waals surface area contributed by atoms with Crippen LogP contribution in [0.1, 0.15) is 19.6 Å². The molecule has 1 aromatic heterocycles. The van der Waals surface area contributed by atoms with Gasteiger partial charge >= 0.3 is 0 Å². The van der Waals surface area contributed by atoms with E-state index >= 15 is 0 Å². The highest BCUT2D eigenvalue weighted by molar-refractivity contribution is 14.1. The number of halogens is 2. The number of anilines is 2. The third-order valence-electron chi connectivity index (χ3n) is 3.20. The van der Waals surface area contributed by atoms with Crippen molar-refractivity contribution in [2.45, 2.75) is 26.4 Å². The molecule has 0 spiro atoms. The van der Waals surface area contributed by atoms with E-state index in [0.29, 0.717) is 12.2 Å². The molecule has 20 heavy (non-hydrogen) atoms. The first-order valence-corrected chi connectivity index (χ1v) is 7.55. The van der Waals surface area contributed by atoms with Crippen LogP contribution in [0.2, 0.25) is 0 Å². The van der Waals surface area contributed by atoms with Gasteiger partial charge < -0.3 is 14.6 Å². The molecule has 108 valence electrons. The lowest BCUT2D eigenvalue weighted by Crippen LogP contribution is -2.26. The summed E-state index contributed by atoms with van der Waals surface area (Å²) in [5, 5.41) is 3.15. The van der Waals surface area contributed by atoms with Crippen molar-refractivity contribution in [3.05, 3.63) is 45.7 Å². The third-order valence-corrected chi connectivity index (χ3v) is 3.78. The lowest BCUT2D eigenvalue weighted by atomic mass is 10.2. The van der Waals surface area contributed by atoms with Crippen LogP contribution in [0.3, 0.4) is 0 Å². The number of rotatable bonds is 5. The van der Waals surface area contributed by atoms with E-state index < -0.39 is 0 Å². The minimum absolute atomic E-state index is 0.222. The molecule has 0 amide bonds. The Kier molecular flexibility index (Phi) is 4.91. The summed E-state index contributed by atoms with van der Waals surface area (Å²) in [4.78, 5) is 1.91. The van der Waals surface area contributed by atoms with E-state index in [-0.39, 0.29) is 11.9 Å². The zero-order valence-corrected chi connectivity index (χ0v) is 13.9. The summed E-state index contributed by atoms with van der Waals surface area (Å²) in [6.07, 6.45) is 0. The van der Waals surface area contributed by atoms with Gasteiger partial charge in [-0.2, -0.15) is 0 Å². The molecule has 0 saturated heterocycles. The first-order chi connectivity index (χ1) is 9.47. The smallest absolute Gasteiger partial charge is 0.164 e. The Morgan fingerprint density at radius 2 is 2.05 bits per heavy atom. The Labute approximate surface area is 132 Å². The molecule has 2 aromatic rings. The van der Waals surface area contributed by atoms with Gasteiger partial charge in [-0.25, -0.2) is 4.39 Å². The van der Waals surface area contributed by atoms with Crippen molar-refractivity contribution in [1.29, 1.82) is 0 Å². The van der Waals surface area contributed by atoms with Gasteiger partial charge in [0.2, 0.25) is 0 Å². The number of furan rings is 1. The zero-order chi connectivity index (χ0) is 14.7. The van der Waals surface area contributed by atoms with Crippen molar-refractivity contribution in [2.75, 3.05) is 17.3 Å². The molecule has 1 N–H and O–H groups in total. The van der Waals surface area contributed by atoms with E-state index in [1.54, 1.807) is 6.07 Å². The average Bonchev–Trinajstić information content (AvgIpc) is 2.81. The van der Waals surface area contributed by atoms with E-state index in [2.05, 4.69) is 27.9 Å². The van der Waals surface area contributed by atoms with Crippen LogP contribution in [-0.2, 0) is 6.54 Å². The van der Waals surface area contributed by atoms with Crippen molar-refractivity contribution < 1.29 is 8.81 Å². The van der Waals surface area contributed by atoms with Crippen molar-refractivity contribution in [1.82, 2.24) is 0 Å². The molecule has 0 radical (unpaired) electrons. The standard InChI is InChI=1S/C15H18FIN2O/c1-10(2)19(3)14-6-4-11(8-13(14)16)18-9-12-5-7-15(17)20-12/h4-8,10,18H,9H2,1-3H3. The summed E-state index contributed by atoms with van der Waals surface area (Å²) in [6.45, 7) is 4.61. The maximum atomic E-state index is 14.1. The van der Waals surface area contributed by atoms with Gasteiger partial charge in [-0.3, -0.25) is 0 Å². The Bertz CT molecular complexity index is 583. The average molecular weight is 388 g/mol. The second-order valence-corrected chi connectivity index (χ2v) is 5.99. The largest absolute Gasteiger partial charge is 0.454 e. The van der Waals surface area contributed by atoms with Gasteiger partial charge in [-0.05, 0) is 66.8 Å². The fourth-order valence-corrected chi connectivity index (χ4v) is 2.28. The Hall–Kier alpha value is -1.24. The van der Waals surface area contributed by atoms with Crippen LogP contribution in [0.4, 0.5) is 15.8 Å². The molecule has 0 bridgehead atoms. The van der Waals surface area contributed by atoms with Crippen LogP contribution in [0.5, 0.6) is 0 Å². The lowest BCUT2D eigenvalue weighted by molar-refractivity contribution is 0.493. The van der Waals surface area contributed by atoms with E-state index in [4.69, 9.17) is 4.42 Å². The van der Waals surface area contributed by atoms with Crippen molar-refractivity contribution in [3.8, 4) is 0 Å². The van der Waals surface area contributed by atoms with E-state index in [1.165, 1.54) is 6.07 Å². The molecular weight excluding hydrogens is 370 g/mol. The molecule has 0 atom stereocenters. The van der Waals surface area contributed by atoms with Crippen LogP contribution in [0, 0.1) is 9.58 Å². The maximum Gasteiger partial charge on any atom is 0.164 e. The molecule has 3 nitrogen and oxygen atoms in total. The topological polar surface area (TPSA) is 28.4 Å². The predicted octanol–water partition coefficient (Wildman–Crippen LogP) is 4.48. The normalized spacial score (nSPS) is 10.9. The fourth-order valence-electron chi connectivity index (χ4n) is 1.82. The van der Waals surface area contributed by atoms with E-state index in [9.17, 15) is 4.39 Å². The second kappa shape index (κ2) is 6.47. The van der Waals surface area contributed by atoms with Gasteiger partial charge in [-0.15, -0.1) is 0 Å². The van der Waals surface area contributed by atoms with Gasteiger partial charge in [0.1, 0.15) is 11.6 Å². The van der Waals surface area contributed by atoms with Gasteiger partial charge in [0.25, 0.3) is 0 Å². The molecule has 0 saturated carbocycles. The molecule has 1 aromatic carbocycles. The fraction of sp³-hybridized carbons (Fsp3) is 0.333. The van der Waals surface area contributed by atoms with Crippen LogP contribution in [-0.4, -0.2) is 13.1 Å². The van der Waals surface area contributed by atoms with Gasteiger partial charge in [0, 0.05) is 18.8 Å². The molecule has 0 fully saturated rings. The number of hydrogen-bond acceptors (Lipinski definition) is 3. The molecule has 0 unspecified atom stereocenters. The predicted molar refractivity (Wildman–Crippen MR) is 88.7 cm³/mol. The van der Waals surface area contributed by atoms with Crippen molar-refractivity contribution >= 4 is 34.0 Å². The monoisotopic (exact) mass is 388 g/mol. The molecular formula is C15H18FIN2O. The summed E-state index contributed by atoms with van der Waals surface area (Å²) in [6, 6.07) is 9.26.